The molecule has 0 bridgehead atoms. The van der Waals surface area contributed by atoms with Crippen molar-refractivity contribution < 1.29 is 0 Å². The SMILES string of the molecule is CN(CCc1ccccc1)c1cnc(N)cn1. The highest BCUT2D eigenvalue weighted by atomic mass is 15.2. The molecular formula is C13H16N4. The lowest BCUT2D eigenvalue weighted by molar-refractivity contribution is 0.855. The highest BCUT2D eigenvalue weighted by Gasteiger charge is 2.02. The Bertz CT molecular complexity index is 453. The van der Waals surface area contributed by atoms with Crippen LogP contribution < -0.4 is 10.6 Å². The summed E-state index contributed by atoms with van der Waals surface area (Å²) in [6, 6.07) is 10.4. The van der Waals surface area contributed by atoms with E-state index in [0.29, 0.717) is 5.82 Å². The highest BCUT2D eigenvalue weighted by molar-refractivity contribution is 5.38. The van der Waals surface area contributed by atoms with Gasteiger partial charge in [0.1, 0.15) is 11.6 Å². The molecule has 0 atom stereocenters. The van der Waals surface area contributed by atoms with E-state index in [1.807, 2.05) is 13.1 Å². The molecule has 0 aliphatic heterocycles. The first kappa shape index (κ1) is 11.4. The summed E-state index contributed by atoms with van der Waals surface area (Å²) in [5, 5.41) is 0. The second-order valence-corrected chi connectivity index (χ2v) is 3.96. The third-order valence-electron chi connectivity index (χ3n) is 2.63. The summed E-state index contributed by atoms with van der Waals surface area (Å²) in [4.78, 5) is 10.3. The maximum Gasteiger partial charge on any atom is 0.146 e. The zero-order valence-corrected chi connectivity index (χ0v) is 9.87. The van der Waals surface area contributed by atoms with Crippen molar-refractivity contribution in [2.75, 3.05) is 24.2 Å². The van der Waals surface area contributed by atoms with Crippen molar-refractivity contribution in [1.82, 2.24) is 9.97 Å². The molecule has 0 radical (unpaired) electrons. The Hall–Kier alpha value is -2.10. The molecule has 2 aromatic rings. The van der Waals surface area contributed by atoms with E-state index in [-0.39, 0.29) is 0 Å². The average Bonchev–Trinajstić information content (AvgIpc) is 2.38. The van der Waals surface area contributed by atoms with Crippen LogP contribution in [-0.2, 0) is 6.42 Å². The molecule has 0 aliphatic carbocycles. The molecule has 4 nitrogen and oxygen atoms in total. The summed E-state index contributed by atoms with van der Waals surface area (Å²) in [6.07, 6.45) is 4.26. The van der Waals surface area contributed by atoms with E-state index < -0.39 is 0 Å². The summed E-state index contributed by atoms with van der Waals surface area (Å²) in [5.41, 5.74) is 6.82. The number of hydrogen-bond donors (Lipinski definition) is 1. The standard InChI is InChI=1S/C13H16N4/c1-17(13-10-15-12(14)9-16-13)8-7-11-5-3-2-4-6-11/h2-6,9-10H,7-8H2,1H3,(H2,14,15). The van der Waals surface area contributed by atoms with Crippen LogP contribution >= 0.6 is 0 Å². The lowest BCUT2D eigenvalue weighted by Crippen LogP contribution is -2.21. The van der Waals surface area contributed by atoms with Gasteiger partial charge in [-0.25, -0.2) is 9.97 Å². The zero-order chi connectivity index (χ0) is 12.1. The summed E-state index contributed by atoms with van der Waals surface area (Å²) in [7, 11) is 2.00. The van der Waals surface area contributed by atoms with E-state index in [1.165, 1.54) is 5.56 Å². The molecule has 1 aromatic carbocycles. The molecule has 88 valence electrons. The Kier molecular flexibility index (Phi) is 3.55. The number of rotatable bonds is 4. The number of anilines is 2. The normalized spacial score (nSPS) is 10.2. The highest BCUT2D eigenvalue weighted by Crippen LogP contribution is 2.08. The maximum absolute atomic E-state index is 5.50. The number of benzene rings is 1. The van der Waals surface area contributed by atoms with Crippen LogP contribution in [0.4, 0.5) is 11.6 Å². The van der Waals surface area contributed by atoms with Crippen molar-refractivity contribution >= 4 is 11.6 Å². The number of likely N-dealkylation sites (N-methyl/N-ethyl adjacent to an activating group) is 1. The van der Waals surface area contributed by atoms with Gasteiger partial charge in [-0.1, -0.05) is 30.3 Å². The third kappa shape index (κ3) is 3.17. The molecule has 17 heavy (non-hydrogen) atoms. The van der Waals surface area contributed by atoms with Crippen LogP contribution in [0.15, 0.2) is 42.7 Å². The lowest BCUT2D eigenvalue weighted by atomic mass is 10.1. The van der Waals surface area contributed by atoms with Crippen molar-refractivity contribution in [2.45, 2.75) is 6.42 Å². The molecule has 0 unspecified atom stereocenters. The van der Waals surface area contributed by atoms with Crippen molar-refractivity contribution in [2.24, 2.45) is 0 Å². The molecule has 0 saturated carbocycles. The Balaban J connectivity index is 1.93. The second kappa shape index (κ2) is 5.30. The average molecular weight is 228 g/mol. The van der Waals surface area contributed by atoms with Gasteiger partial charge in [-0.05, 0) is 12.0 Å². The predicted octanol–water partition coefficient (Wildman–Crippen LogP) is 1.74. The van der Waals surface area contributed by atoms with E-state index in [0.717, 1.165) is 18.8 Å². The summed E-state index contributed by atoms with van der Waals surface area (Å²) in [6.45, 7) is 0.905. The molecule has 0 saturated heterocycles. The van der Waals surface area contributed by atoms with Crippen LogP contribution in [0.1, 0.15) is 5.56 Å². The van der Waals surface area contributed by atoms with E-state index >= 15 is 0 Å². The zero-order valence-electron chi connectivity index (χ0n) is 9.87. The van der Waals surface area contributed by atoms with E-state index in [4.69, 9.17) is 5.73 Å². The maximum atomic E-state index is 5.50. The molecular weight excluding hydrogens is 212 g/mol. The first-order valence-electron chi connectivity index (χ1n) is 5.58. The minimum atomic E-state index is 0.449. The molecule has 0 spiro atoms. The van der Waals surface area contributed by atoms with Crippen LogP contribution in [0.25, 0.3) is 0 Å². The predicted molar refractivity (Wildman–Crippen MR) is 69.9 cm³/mol. The molecule has 1 heterocycles. The minimum Gasteiger partial charge on any atom is -0.382 e. The largest absolute Gasteiger partial charge is 0.382 e. The fraction of sp³-hybridized carbons (Fsp3) is 0.231. The first-order chi connectivity index (χ1) is 8.25. The van der Waals surface area contributed by atoms with Gasteiger partial charge in [-0.3, -0.25) is 0 Å². The Labute approximate surface area is 101 Å². The summed E-state index contributed by atoms with van der Waals surface area (Å²) < 4.78 is 0. The number of nitrogens with two attached hydrogens (primary N) is 1. The molecule has 0 fully saturated rings. The van der Waals surface area contributed by atoms with Gasteiger partial charge < -0.3 is 10.6 Å². The number of nitrogens with zero attached hydrogens (tertiary/aromatic N) is 3. The van der Waals surface area contributed by atoms with Gasteiger partial charge in [0, 0.05) is 13.6 Å². The van der Waals surface area contributed by atoms with Gasteiger partial charge in [0.25, 0.3) is 0 Å². The van der Waals surface area contributed by atoms with Gasteiger partial charge in [0.05, 0.1) is 12.4 Å². The van der Waals surface area contributed by atoms with Crippen molar-refractivity contribution in [1.29, 1.82) is 0 Å². The fourth-order valence-corrected chi connectivity index (χ4v) is 1.58. The van der Waals surface area contributed by atoms with Gasteiger partial charge >= 0.3 is 0 Å². The molecule has 0 aliphatic rings. The fourth-order valence-electron chi connectivity index (χ4n) is 1.58. The quantitative estimate of drug-likeness (QED) is 0.866. The van der Waals surface area contributed by atoms with E-state index in [2.05, 4.69) is 39.1 Å². The van der Waals surface area contributed by atoms with E-state index in [9.17, 15) is 0 Å². The van der Waals surface area contributed by atoms with E-state index in [1.54, 1.807) is 12.4 Å². The molecule has 0 amide bonds. The lowest BCUT2D eigenvalue weighted by Gasteiger charge is -2.17. The van der Waals surface area contributed by atoms with Crippen molar-refractivity contribution in [3.05, 3.63) is 48.3 Å². The smallest absolute Gasteiger partial charge is 0.146 e. The van der Waals surface area contributed by atoms with Crippen LogP contribution in [-0.4, -0.2) is 23.6 Å². The molecule has 4 heteroatoms. The van der Waals surface area contributed by atoms with Crippen molar-refractivity contribution in [3.8, 4) is 0 Å². The number of nitrogen functional groups attached to an aromatic ring is 1. The van der Waals surface area contributed by atoms with Crippen LogP contribution in [0.3, 0.4) is 0 Å². The minimum absolute atomic E-state index is 0.449. The van der Waals surface area contributed by atoms with Crippen LogP contribution in [0, 0.1) is 0 Å². The summed E-state index contributed by atoms with van der Waals surface area (Å²) >= 11 is 0. The second-order valence-electron chi connectivity index (χ2n) is 3.96. The van der Waals surface area contributed by atoms with Crippen LogP contribution in [0.2, 0.25) is 0 Å². The molecule has 2 rings (SSSR count). The number of hydrogen-bond acceptors (Lipinski definition) is 4. The van der Waals surface area contributed by atoms with Gasteiger partial charge in [0.15, 0.2) is 0 Å². The Morgan fingerprint density at radius 1 is 1.12 bits per heavy atom. The summed E-state index contributed by atoms with van der Waals surface area (Å²) in [5.74, 6) is 1.29. The topological polar surface area (TPSA) is 55.0 Å². The molecule has 2 N–H and O–H groups in total. The Morgan fingerprint density at radius 3 is 2.53 bits per heavy atom. The number of aromatic nitrogens is 2. The third-order valence-corrected chi connectivity index (χ3v) is 2.63. The monoisotopic (exact) mass is 228 g/mol. The Morgan fingerprint density at radius 2 is 1.88 bits per heavy atom. The molecule has 1 aromatic heterocycles. The van der Waals surface area contributed by atoms with Crippen LogP contribution in [0.5, 0.6) is 0 Å². The van der Waals surface area contributed by atoms with Gasteiger partial charge in [-0.2, -0.15) is 0 Å². The van der Waals surface area contributed by atoms with Gasteiger partial charge in [-0.15, -0.1) is 0 Å². The first-order valence-corrected chi connectivity index (χ1v) is 5.58. The van der Waals surface area contributed by atoms with Gasteiger partial charge in [0.2, 0.25) is 0 Å². The van der Waals surface area contributed by atoms with Crippen molar-refractivity contribution in [3.63, 3.8) is 0 Å².